The molecular weight excluding hydrogens is 278 g/mol. The highest BCUT2D eigenvalue weighted by molar-refractivity contribution is 9.10. The van der Waals surface area contributed by atoms with Crippen molar-refractivity contribution in [1.29, 1.82) is 0 Å². The van der Waals surface area contributed by atoms with E-state index in [1.165, 1.54) is 34.0 Å². The first-order valence-electron chi connectivity index (χ1n) is 6.14. The van der Waals surface area contributed by atoms with Crippen molar-refractivity contribution in [2.75, 3.05) is 14.2 Å². The second kappa shape index (κ2) is 4.99. The molecule has 0 aliphatic heterocycles. The van der Waals surface area contributed by atoms with Crippen molar-refractivity contribution in [3.63, 3.8) is 0 Å². The Morgan fingerprint density at radius 3 is 2.65 bits per heavy atom. The molecular formula is C14H20BrNO. The summed E-state index contributed by atoms with van der Waals surface area (Å²) in [5.74, 6) is 1.61. The fraction of sp³-hybridized carbons (Fsp3) is 0.571. The summed E-state index contributed by atoms with van der Waals surface area (Å²) in [6.45, 7) is 4.41. The molecule has 3 heteroatoms. The Bertz CT molecular complexity index is 431. The van der Waals surface area contributed by atoms with Gasteiger partial charge in [0.1, 0.15) is 5.75 Å². The minimum Gasteiger partial charge on any atom is -0.496 e. The van der Waals surface area contributed by atoms with Crippen molar-refractivity contribution in [3.8, 4) is 5.75 Å². The minimum atomic E-state index is 0.435. The molecule has 0 radical (unpaired) electrons. The number of fused-ring (bicyclic) bond motifs is 1. The summed E-state index contributed by atoms with van der Waals surface area (Å²) in [6.07, 6.45) is 2.40. The lowest BCUT2D eigenvalue weighted by molar-refractivity contribution is 0.387. The summed E-state index contributed by atoms with van der Waals surface area (Å²) < 4.78 is 6.80. The number of aryl methyl sites for hydroxylation is 1. The van der Waals surface area contributed by atoms with Gasteiger partial charge >= 0.3 is 0 Å². The topological polar surface area (TPSA) is 21.3 Å². The van der Waals surface area contributed by atoms with Crippen LogP contribution in [0.4, 0.5) is 0 Å². The molecule has 0 spiro atoms. The summed E-state index contributed by atoms with van der Waals surface area (Å²) in [4.78, 5) is 0. The number of benzene rings is 1. The van der Waals surface area contributed by atoms with Gasteiger partial charge < -0.3 is 10.1 Å². The van der Waals surface area contributed by atoms with Gasteiger partial charge in [-0.15, -0.1) is 0 Å². The smallest absolute Gasteiger partial charge is 0.122 e. The quantitative estimate of drug-likeness (QED) is 0.893. The average molecular weight is 298 g/mol. The SMILES string of the molecule is CNC1CCC(C)c2c(OC)cc(C)c(Br)c21. The highest BCUT2D eigenvalue weighted by atomic mass is 79.9. The van der Waals surface area contributed by atoms with E-state index in [0.717, 1.165) is 5.75 Å². The first-order chi connectivity index (χ1) is 8.10. The van der Waals surface area contributed by atoms with Crippen molar-refractivity contribution < 1.29 is 4.74 Å². The highest BCUT2D eigenvalue weighted by Gasteiger charge is 2.29. The summed E-state index contributed by atoms with van der Waals surface area (Å²) in [5.41, 5.74) is 4.01. The second-order valence-corrected chi connectivity index (χ2v) is 5.65. The van der Waals surface area contributed by atoms with Crippen molar-refractivity contribution in [2.45, 2.75) is 38.6 Å². The zero-order valence-corrected chi connectivity index (χ0v) is 12.5. The monoisotopic (exact) mass is 297 g/mol. The third kappa shape index (κ3) is 2.11. The maximum Gasteiger partial charge on any atom is 0.122 e. The summed E-state index contributed by atoms with van der Waals surface area (Å²) in [6, 6.07) is 2.57. The maximum atomic E-state index is 5.56. The molecule has 1 aliphatic rings. The molecule has 1 aliphatic carbocycles. The Hall–Kier alpha value is -0.540. The van der Waals surface area contributed by atoms with Gasteiger partial charge in [-0.25, -0.2) is 0 Å². The minimum absolute atomic E-state index is 0.435. The predicted molar refractivity (Wildman–Crippen MR) is 74.9 cm³/mol. The molecule has 0 aromatic heterocycles. The van der Waals surface area contributed by atoms with E-state index in [9.17, 15) is 0 Å². The van der Waals surface area contributed by atoms with Gasteiger partial charge in [-0.05, 0) is 49.9 Å². The predicted octanol–water partition coefficient (Wildman–Crippen LogP) is 3.92. The van der Waals surface area contributed by atoms with Crippen LogP contribution in [0.15, 0.2) is 10.5 Å². The molecule has 2 rings (SSSR count). The largest absolute Gasteiger partial charge is 0.496 e. The lowest BCUT2D eigenvalue weighted by atomic mass is 9.79. The molecule has 0 heterocycles. The molecule has 0 saturated carbocycles. The van der Waals surface area contributed by atoms with Gasteiger partial charge in [-0.3, -0.25) is 0 Å². The Kier molecular flexibility index (Phi) is 3.79. The van der Waals surface area contributed by atoms with Crippen LogP contribution in [0.1, 0.15) is 48.4 Å². The molecule has 2 unspecified atom stereocenters. The van der Waals surface area contributed by atoms with Crippen LogP contribution in [0.2, 0.25) is 0 Å². The molecule has 1 aromatic carbocycles. The Labute approximate surface area is 112 Å². The van der Waals surface area contributed by atoms with Crippen LogP contribution < -0.4 is 10.1 Å². The van der Waals surface area contributed by atoms with Gasteiger partial charge in [0.25, 0.3) is 0 Å². The summed E-state index contributed by atoms with van der Waals surface area (Å²) in [7, 11) is 3.80. The number of hydrogen-bond acceptors (Lipinski definition) is 2. The first kappa shape index (κ1) is 12.9. The van der Waals surface area contributed by atoms with Gasteiger partial charge in [0, 0.05) is 16.1 Å². The Balaban J connectivity index is 2.68. The third-order valence-electron chi connectivity index (χ3n) is 3.78. The molecule has 1 N–H and O–H groups in total. The highest BCUT2D eigenvalue weighted by Crippen LogP contribution is 2.46. The molecule has 0 bridgehead atoms. The van der Waals surface area contributed by atoms with Crippen molar-refractivity contribution >= 4 is 15.9 Å². The molecule has 2 atom stereocenters. The maximum absolute atomic E-state index is 5.56. The zero-order valence-electron chi connectivity index (χ0n) is 10.9. The van der Waals surface area contributed by atoms with E-state index in [1.807, 2.05) is 7.05 Å². The number of ether oxygens (including phenoxy) is 1. The lowest BCUT2D eigenvalue weighted by Crippen LogP contribution is -2.24. The van der Waals surface area contributed by atoms with Gasteiger partial charge in [-0.1, -0.05) is 22.9 Å². The number of hydrogen-bond donors (Lipinski definition) is 1. The number of halogens is 1. The standard InChI is InChI=1S/C14H20BrNO/c1-8-5-6-10(16-3)13-12(8)11(17-4)7-9(2)14(13)15/h7-8,10,16H,5-6H2,1-4H3. The number of methoxy groups -OCH3 is 1. The number of rotatable bonds is 2. The fourth-order valence-electron chi connectivity index (χ4n) is 2.81. The molecule has 0 saturated heterocycles. The van der Waals surface area contributed by atoms with E-state index in [0.29, 0.717) is 12.0 Å². The van der Waals surface area contributed by atoms with Gasteiger partial charge in [0.15, 0.2) is 0 Å². The van der Waals surface area contributed by atoms with Crippen LogP contribution >= 0.6 is 15.9 Å². The van der Waals surface area contributed by atoms with E-state index >= 15 is 0 Å². The van der Waals surface area contributed by atoms with E-state index in [-0.39, 0.29) is 0 Å². The number of nitrogens with one attached hydrogen (secondary N) is 1. The van der Waals surface area contributed by atoms with Crippen LogP contribution in [-0.4, -0.2) is 14.2 Å². The van der Waals surface area contributed by atoms with E-state index in [4.69, 9.17) is 4.74 Å². The van der Waals surface area contributed by atoms with Gasteiger partial charge in [0.05, 0.1) is 7.11 Å². The second-order valence-electron chi connectivity index (χ2n) is 4.86. The molecule has 94 valence electrons. The van der Waals surface area contributed by atoms with E-state index < -0.39 is 0 Å². The molecule has 0 amide bonds. The fourth-order valence-corrected chi connectivity index (χ4v) is 3.42. The van der Waals surface area contributed by atoms with Gasteiger partial charge in [-0.2, -0.15) is 0 Å². The lowest BCUT2D eigenvalue weighted by Gasteiger charge is -2.32. The molecule has 0 fully saturated rings. The zero-order chi connectivity index (χ0) is 12.6. The molecule has 2 nitrogen and oxygen atoms in total. The van der Waals surface area contributed by atoms with Crippen LogP contribution in [0.5, 0.6) is 5.75 Å². The summed E-state index contributed by atoms with van der Waals surface area (Å²) >= 11 is 3.74. The van der Waals surface area contributed by atoms with Crippen LogP contribution in [0.25, 0.3) is 0 Å². The van der Waals surface area contributed by atoms with Crippen molar-refractivity contribution in [3.05, 3.63) is 27.2 Å². The first-order valence-corrected chi connectivity index (χ1v) is 6.93. The van der Waals surface area contributed by atoms with Crippen LogP contribution in [0.3, 0.4) is 0 Å². The van der Waals surface area contributed by atoms with Gasteiger partial charge in [0.2, 0.25) is 0 Å². The van der Waals surface area contributed by atoms with Crippen LogP contribution in [-0.2, 0) is 0 Å². The molecule has 1 aromatic rings. The van der Waals surface area contributed by atoms with E-state index in [2.05, 4.69) is 41.2 Å². The van der Waals surface area contributed by atoms with E-state index in [1.54, 1.807) is 7.11 Å². The Morgan fingerprint density at radius 1 is 1.35 bits per heavy atom. The van der Waals surface area contributed by atoms with Crippen molar-refractivity contribution in [1.82, 2.24) is 5.32 Å². The normalized spacial score (nSPS) is 23.4. The summed E-state index contributed by atoms with van der Waals surface area (Å²) in [5, 5.41) is 3.41. The molecule has 17 heavy (non-hydrogen) atoms. The average Bonchev–Trinajstić information content (AvgIpc) is 2.34. The van der Waals surface area contributed by atoms with Crippen molar-refractivity contribution in [2.24, 2.45) is 0 Å². The third-order valence-corrected chi connectivity index (χ3v) is 4.84. The van der Waals surface area contributed by atoms with Crippen LogP contribution in [0, 0.1) is 6.92 Å². The Morgan fingerprint density at radius 2 is 2.06 bits per heavy atom.